The Balaban J connectivity index is 3.36. The third kappa shape index (κ3) is 5.39. The van der Waals surface area contributed by atoms with Crippen molar-refractivity contribution in [3.8, 4) is 0 Å². The van der Waals surface area contributed by atoms with Crippen LogP contribution in [-0.4, -0.2) is 24.9 Å². The molecule has 11 heavy (non-hydrogen) atoms. The highest BCUT2D eigenvalue weighted by Gasteiger charge is 2.00. The van der Waals surface area contributed by atoms with Crippen molar-refractivity contribution in [2.24, 2.45) is 0 Å². The van der Waals surface area contributed by atoms with Gasteiger partial charge in [0.2, 0.25) is 12.3 Å². The minimum absolute atomic E-state index is 0.00278. The highest BCUT2D eigenvalue weighted by Crippen LogP contribution is 1.78. The Morgan fingerprint density at radius 3 is 2.73 bits per heavy atom. The molecular formula is C7H14N2O2. The standard InChI is InChI=1S/C7H14N2O2/c1-3-7(11)8-4-6(2)9-5-10/h5-6H,3-4H2,1-2H3,(H,8,11)(H,9,10). The minimum Gasteiger partial charge on any atom is -0.354 e. The van der Waals surface area contributed by atoms with E-state index in [1.165, 1.54) is 0 Å². The molecule has 0 aromatic rings. The molecule has 4 heteroatoms. The Morgan fingerprint density at radius 1 is 1.64 bits per heavy atom. The Kier molecular flexibility index (Phi) is 5.15. The van der Waals surface area contributed by atoms with Crippen molar-refractivity contribution in [2.75, 3.05) is 6.54 Å². The van der Waals surface area contributed by atoms with E-state index in [2.05, 4.69) is 10.6 Å². The van der Waals surface area contributed by atoms with Gasteiger partial charge in [0.1, 0.15) is 0 Å². The third-order valence-corrected chi connectivity index (χ3v) is 1.28. The maximum Gasteiger partial charge on any atom is 0.219 e. The fourth-order valence-electron chi connectivity index (χ4n) is 0.567. The molecule has 4 nitrogen and oxygen atoms in total. The first-order valence-electron chi connectivity index (χ1n) is 3.67. The fraction of sp³-hybridized carbons (Fsp3) is 0.714. The van der Waals surface area contributed by atoms with E-state index in [-0.39, 0.29) is 11.9 Å². The highest BCUT2D eigenvalue weighted by atomic mass is 16.1. The molecule has 1 unspecified atom stereocenters. The van der Waals surface area contributed by atoms with Gasteiger partial charge < -0.3 is 10.6 Å². The van der Waals surface area contributed by atoms with Gasteiger partial charge in [-0.1, -0.05) is 6.92 Å². The van der Waals surface area contributed by atoms with Gasteiger partial charge in [0.05, 0.1) is 0 Å². The van der Waals surface area contributed by atoms with Crippen LogP contribution >= 0.6 is 0 Å². The predicted octanol–water partition coefficient (Wildman–Crippen LogP) is -0.353. The van der Waals surface area contributed by atoms with E-state index in [9.17, 15) is 9.59 Å². The molecule has 2 N–H and O–H groups in total. The molecule has 0 saturated heterocycles. The normalized spacial score (nSPS) is 11.8. The van der Waals surface area contributed by atoms with Crippen molar-refractivity contribution in [1.82, 2.24) is 10.6 Å². The van der Waals surface area contributed by atoms with Crippen LogP contribution in [0.4, 0.5) is 0 Å². The van der Waals surface area contributed by atoms with Crippen molar-refractivity contribution in [3.05, 3.63) is 0 Å². The van der Waals surface area contributed by atoms with E-state index in [1.54, 1.807) is 6.92 Å². The summed E-state index contributed by atoms with van der Waals surface area (Å²) < 4.78 is 0. The van der Waals surface area contributed by atoms with Gasteiger partial charge in [-0.25, -0.2) is 0 Å². The van der Waals surface area contributed by atoms with E-state index < -0.39 is 0 Å². The molecule has 64 valence electrons. The molecule has 0 aliphatic rings. The summed E-state index contributed by atoms with van der Waals surface area (Å²) in [6, 6.07) is 0.00278. The number of carbonyl (C=O) groups is 2. The van der Waals surface area contributed by atoms with Crippen molar-refractivity contribution in [2.45, 2.75) is 26.3 Å². The molecule has 0 bridgehead atoms. The van der Waals surface area contributed by atoms with Crippen LogP contribution in [0.2, 0.25) is 0 Å². The lowest BCUT2D eigenvalue weighted by atomic mass is 10.3. The van der Waals surface area contributed by atoms with Gasteiger partial charge >= 0.3 is 0 Å². The van der Waals surface area contributed by atoms with Gasteiger partial charge in [-0.15, -0.1) is 0 Å². The number of rotatable bonds is 5. The van der Waals surface area contributed by atoms with E-state index in [0.29, 0.717) is 19.4 Å². The fourth-order valence-corrected chi connectivity index (χ4v) is 0.567. The summed E-state index contributed by atoms with van der Waals surface area (Å²) in [4.78, 5) is 20.6. The quantitative estimate of drug-likeness (QED) is 0.537. The zero-order chi connectivity index (χ0) is 8.69. The van der Waals surface area contributed by atoms with E-state index in [1.807, 2.05) is 6.92 Å². The van der Waals surface area contributed by atoms with Crippen LogP contribution in [0.25, 0.3) is 0 Å². The maximum atomic E-state index is 10.7. The van der Waals surface area contributed by atoms with Crippen LogP contribution in [0.3, 0.4) is 0 Å². The number of hydrogen-bond donors (Lipinski definition) is 2. The van der Waals surface area contributed by atoms with Gasteiger partial charge in [0.25, 0.3) is 0 Å². The summed E-state index contributed by atoms with van der Waals surface area (Å²) >= 11 is 0. The number of nitrogens with one attached hydrogen (secondary N) is 2. The number of hydrogen-bond acceptors (Lipinski definition) is 2. The van der Waals surface area contributed by atoms with Crippen molar-refractivity contribution < 1.29 is 9.59 Å². The molecule has 0 radical (unpaired) electrons. The Bertz CT molecular complexity index is 136. The summed E-state index contributed by atoms with van der Waals surface area (Å²) in [6.07, 6.45) is 1.11. The smallest absolute Gasteiger partial charge is 0.219 e. The van der Waals surface area contributed by atoms with Crippen LogP contribution in [0.15, 0.2) is 0 Å². The molecule has 0 spiro atoms. The molecule has 2 amide bonds. The van der Waals surface area contributed by atoms with Crippen LogP contribution in [0, 0.1) is 0 Å². The number of amides is 2. The topological polar surface area (TPSA) is 58.2 Å². The average Bonchev–Trinajstić information content (AvgIpc) is 2.01. The second-order valence-electron chi connectivity index (χ2n) is 2.34. The van der Waals surface area contributed by atoms with E-state index >= 15 is 0 Å². The second-order valence-corrected chi connectivity index (χ2v) is 2.34. The monoisotopic (exact) mass is 158 g/mol. The Labute approximate surface area is 66.4 Å². The molecule has 0 aliphatic heterocycles. The molecule has 0 saturated carbocycles. The van der Waals surface area contributed by atoms with Gasteiger partial charge in [-0.05, 0) is 6.92 Å². The van der Waals surface area contributed by atoms with Crippen molar-refractivity contribution in [3.63, 3.8) is 0 Å². The minimum atomic E-state index is 0.00278. The van der Waals surface area contributed by atoms with Crippen LogP contribution < -0.4 is 10.6 Å². The average molecular weight is 158 g/mol. The number of carbonyl (C=O) groups excluding carboxylic acids is 2. The van der Waals surface area contributed by atoms with Crippen molar-refractivity contribution >= 4 is 12.3 Å². The predicted molar refractivity (Wildman–Crippen MR) is 42.0 cm³/mol. The van der Waals surface area contributed by atoms with Crippen LogP contribution in [-0.2, 0) is 9.59 Å². The summed E-state index contributed by atoms with van der Waals surface area (Å²) in [5, 5.41) is 5.19. The van der Waals surface area contributed by atoms with E-state index in [4.69, 9.17) is 0 Å². The second kappa shape index (κ2) is 5.70. The van der Waals surface area contributed by atoms with Crippen molar-refractivity contribution in [1.29, 1.82) is 0 Å². The largest absolute Gasteiger partial charge is 0.354 e. The SMILES string of the molecule is CCC(=O)NCC(C)NC=O. The summed E-state index contributed by atoms with van der Waals surface area (Å²) in [5.74, 6) is 0.00421. The van der Waals surface area contributed by atoms with Crippen LogP contribution in [0.5, 0.6) is 0 Å². The van der Waals surface area contributed by atoms with Gasteiger partial charge in [-0.2, -0.15) is 0 Å². The first-order valence-corrected chi connectivity index (χ1v) is 3.67. The molecule has 0 heterocycles. The van der Waals surface area contributed by atoms with Gasteiger partial charge in [0.15, 0.2) is 0 Å². The molecule has 0 aliphatic carbocycles. The highest BCUT2D eigenvalue weighted by molar-refractivity contribution is 5.75. The molecular weight excluding hydrogens is 144 g/mol. The zero-order valence-corrected chi connectivity index (χ0v) is 6.89. The summed E-state index contributed by atoms with van der Waals surface area (Å²) in [6.45, 7) is 4.10. The Hall–Kier alpha value is -1.06. The van der Waals surface area contributed by atoms with Crippen LogP contribution in [0.1, 0.15) is 20.3 Å². The molecule has 0 rings (SSSR count). The Morgan fingerprint density at radius 2 is 2.27 bits per heavy atom. The lowest BCUT2D eigenvalue weighted by molar-refractivity contribution is -0.121. The first-order chi connectivity index (χ1) is 5.20. The summed E-state index contributed by atoms with van der Waals surface area (Å²) in [7, 11) is 0. The molecule has 1 atom stereocenters. The molecule has 0 fully saturated rings. The lowest BCUT2D eigenvalue weighted by Gasteiger charge is -2.10. The van der Waals surface area contributed by atoms with Gasteiger partial charge in [0, 0.05) is 19.0 Å². The molecule has 0 aromatic carbocycles. The molecule has 0 aromatic heterocycles. The summed E-state index contributed by atoms with van der Waals surface area (Å²) in [5.41, 5.74) is 0. The third-order valence-electron chi connectivity index (χ3n) is 1.28. The maximum absolute atomic E-state index is 10.7. The first kappa shape index (κ1) is 9.94. The van der Waals surface area contributed by atoms with E-state index in [0.717, 1.165) is 0 Å². The van der Waals surface area contributed by atoms with Gasteiger partial charge in [-0.3, -0.25) is 9.59 Å². The zero-order valence-electron chi connectivity index (χ0n) is 6.89. The lowest BCUT2D eigenvalue weighted by Crippen LogP contribution is -2.37.